The van der Waals surface area contributed by atoms with Crippen molar-refractivity contribution in [2.75, 3.05) is 0 Å². The molecule has 0 aromatic heterocycles. The van der Waals surface area contributed by atoms with Crippen LogP contribution in [-0.2, 0) is 6.42 Å². The summed E-state index contributed by atoms with van der Waals surface area (Å²) >= 11 is 0. The molecule has 0 saturated carbocycles. The van der Waals surface area contributed by atoms with E-state index < -0.39 is 0 Å². The highest BCUT2D eigenvalue weighted by Crippen LogP contribution is 2.07. The van der Waals surface area contributed by atoms with E-state index >= 15 is 0 Å². The Morgan fingerprint density at radius 3 is 2.62 bits per heavy atom. The van der Waals surface area contributed by atoms with Gasteiger partial charge in [0.25, 0.3) is 0 Å². The van der Waals surface area contributed by atoms with E-state index in [1.165, 1.54) is 11.3 Å². The minimum atomic E-state index is 1.07. The van der Waals surface area contributed by atoms with E-state index in [2.05, 4.69) is 48.6 Å². The first-order chi connectivity index (χ1) is 7.86. The zero-order valence-corrected chi connectivity index (χ0v) is 10.2. The van der Waals surface area contributed by atoms with Crippen LogP contribution in [-0.4, -0.2) is 0 Å². The Kier molecular flexibility index (Phi) is 6.09. The van der Waals surface area contributed by atoms with E-state index in [4.69, 9.17) is 0 Å². The molecule has 0 saturated heterocycles. The number of allylic oxidation sites excluding steroid dienone is 3. The lowest BCUT2D eigenvalue weighted by molar-refractivity contribution is 0.850. The topological polar surface area (TPSA) is 12.0 Å². The minimum absolute atomic E-state index is 1.07. The Bertz CT molecular complexity index is 336. The molecule has 1 aromatic carbocycles. The quantitative estimate of drug-likeness (QED) is 0.755. The third kappa shape index (κ3) is 4.83. The average Bonchev–Trinajstić information content (AvgIpc) is 2.34. The minimum Gasteiger partial charge on any atom is -0.366 e. The van der Waals surface area contributed by atoms with Gasteiger partial charge < -0.3 is 5.32 Å². The van der Waals surface area contributed by atoms with Crippen molar-refractivity contribution >= 4 is 0 Å². The maximum absolute atomic E-state index is 3.32. The fourth-order valence-electron chi connectivity index (χ4n) is 1.59. The standard InChI is InChI=1S/C15H21N/c1-3-8-15(16-13-4-2)12-11-14-9-6-5-7-10-14/h4-10,13,16H,3,11-12H2,1-2H3/b13-4+,15-8?. The molecule has 1 aromatic rings. The van der Waals surface area contributed by atoms with Crippen LogP contribution in [0.3, 0.4) is 0 Å². The molecule has 0 unspecified atom stereocenters. The van der Waals surface area contributed by atoms with Crippen molar-refractivity contribution in [1.29, 1.82) is 0 Å². The van der Waals surface area contributed by atoms with Crippen LogP contribution >= 0.6 is 0 Å². The van der Waals surface area contributed by atoms with Gasteiger partial charge in [-0.2, -0.15) is 0 Å². The van der Waals surface area contributed by atoms with E-state index in [0.717, 1.165) is 19.3 Å². The second kappa shape index (κ2) is 7.75. The number of aryl methyl sites for hydroxylation is 1. The molecule has 0 amide bonds. The first-order valence-corrected chi connectivity index (χ1v) is 5.97. The zero-order valence-electron chi connectivity index (χ0n) is 10.2. The molecular weight excluding hydrogens is 194 g/mol. The van der Waals surface area contributed by atoms with Crippen molar-refractivity contribution < 1.29 is 0 Å². The van der Waals surface area contributed by atoms with Gasteiger partial charge >= 0.3 is 0 Å². The molecule has 1 rings (SSSR count). The number of rotatable bonds is 6. The fourth-order valence-corrected chi connectivity index (χ4v) is 1.59. The lowest BCUT2D eigenvalue weighted by Crippen LogP contribution is -2.05. The van der Waals surface area contributed by atoms with Gasteiger partial charge in [-0.15, -0.1) is 0 Å². The van der Waals surface area contributed by atoms with Gasteiger partial charge in [-0.1, -0.05) is 49.4 Å². The van der Waals surface area contributed by atoms with Gasteiger partial charge in [-0.25, -0.2) is 0 Å². The van der Waals surface area contributed by atoms with Crippen LogP contribution in [0.25, 0.3) is 0 Å². The lowest BCUT2D eigenvalue weighted by atomic mass is 10.1. The Balaban J connectivity index is 2.47. The highest BCUT2D eigenvalue weighted by Gasteiger charge is 1.96. The molecule has 0 bridgehead atoms. The predicted molar refractivity (Wildman–Crippen MR) is 71.1 cm³/mol. The summed E-state index contributed by atoms with van der Waals surface area (Å²) in [5.41, 5.74) is 2.70. The largest absolute Gasteiger partial charge is 0.366 e. The summed E-state index contributed by atoms with van der Waals surface area (Å²) < 4.78 is 0. The van der Waals surface area contributed by atoms with E-state index in [1.807, 2.05) is 19.2 Å². The Labute approximate surface area is 98.9 Å². The van der Waals surface area contributed by atoms with Crippen molar-refractivity contribution in [3.63, 3.8) is 0 Å². The maximum atomic E-state index is 3.32. The second-order valence-corrected chi connectivity index (χ2v) is 3.77. The smallest absolute Gasteiger partial charge is 0.0109 e. The van der Waals surface area contributed by atoms with Crippen molar-refractivity contribution in [2.45, 2.75) is 33.1 Å². The molecule has 16 heavy (non-hydrogen) atoms. The van der Waals surface area contributed by atoms with Crippen molar-refractivity contribution in [3.05, 3.63) is 59.9 Å². The molecule has 0 aliphatic carbocycles. The molecule has 1 nitrogen and oxygen atoms in total. The monoisotopic (exact) mass is 215 g/mol. The Morgan fingerprint density at radius 1 is 1.25 bits per heavy atom. The van der Waals surface area contributed by atoms with Crippen LogP contribution in [0, 0.1) is 0 Å². The molecule has 0 spiro atoms. The number of hydrogen-bond donors (Lipinski definition) is 1. The SMILES string of the molecule is C/C=C/NC(=CCC)CCc1ccccc1. The third-order valence-corrected chi connectivity index (χ3v) is 2.41. The summed E-state index contributed by atoms with van der Waals surface area (Å²) in [4.78, 5) is 0. The summed E-state index contributed by atoms with van der Waals surface area (Å²) in [6.07, 6.45) is 9.51. The fraction of sp³-hybridized carbons (Fsp3) is 0.333. The molecule has 0 aliphatic heterocycles. The van der Waals surface area contributed by atoms with Gasteiger partial charge in [0.1, 0.15) is 0 Å². The lowest BCUT2D eigenvalue weighted by Gasteiger charge is -2.07. The van der Waals surface area contributed by atoms with Crippen LogP contribution < -0.4 is 5.32 Å². The summed E-state index contributed by atoms with van der Waals surface area (Å²) in [5.74, 6) is 0. The molecule has 0 heterocycles. The zero-order chi connectivity index (χ0) is 11.6. The van der Waals surface area contributed by atoms with Crippen molar-refractivity contribution in [2.24, 2.45) is 0 Å². The summed E-state index contributed by atoms with van der Waals surface area (Å²) in [5, 5.41) is 3.32. The number of benzene rings is 1. The third-order valence-electron chi connectivity index (χ3n) is 2.41. The van der Waals surface area contributed by atoms with Crippen LogP contribution in [0.1, 0.15) is 32.3 Å². The molecule has 86 valence electrons. The average molecular weight is 215 g/mol. The molecule has 0 atom stereocenters. The van der Waals surface area contributed by atoms with E-state index in [9.17, 15) is 0 Å². The highest BCUT2D eigenvalue weighted by atomic mass is 14.8. The van der Waals surface area contributed by atoms with Gasteiger partial charge in [0.2, 0.25) is 0 Å². The summed E-state index contributed by atoms with van der Waals surface area (Å²) in [6, 6.07) is 10.6. The first kappa shape index (κ1) is 12.6. The van der Waals surface area contributed by atoms with Gasteiger partial charge in [0.15, 0.2) is 0 Å². The van der Waals surface area contributed by atoms with Crippen molar-refractivity contribution in [1.82, 2.24) is 5.32 Å². The predicted octanol–water partition coefficient (Wildman–Crippen LogP) is 4.04. The highest BCUT2D eigenvalue weighted by molar-refractivity contribution is 5.16. The molecule has 1 heteroatoms. The van der Waals surface area contributed by atoms with Gasteiger partial charge in [0.05, 0.1) is 0 Å². The number of hydrogen-bond acceptors (Lipinski definition) is 1. The Morgan fingerprint density at radius 2 is 2.00 bits per heavy atom. The Hall–Kier alpha value is -1.50. The molecule has 0 aliphatic rings. The van der Waals surface area contributed by atoms with Crippen LogP contribution in [0.5, 0.6) is 0 Å². The van der Waals surface area contributed by atoms with Crippen LogP contribution in [0.2, 0.25) is 0 Å². The van der Waals surface area contributed by atoms with E-state index in [1.54, 1.807) is 0 Å². The van der Waals surface area contributed by atoms with Crippen LogP contribution in [0.4, 0.5) is 0 Å². The molecule has 0 radical (unpaired) electrons. The summed E-state index contributed by atoms with van der Waals surface area (Å²) in [7, 11) is 0. The summed E-state index contributed by atoms with van der Waals surface area (Å²) in [6.45, 7) is 4.19. The van der Waals surface area contributed by atoms with Gasteiger partial charge in [-0.3, -0.25) is 0 Å². The maximum Gasteiger partial charge on any atom is 0.0109 e. The molecule has 1 N–H and O–H groups in total. The van der Waals surface area contributed by atoms with E-state index in [-0.39, 0.29) is 0 Å². The van der Waals surface area contributed by atoms with Gasteiger partial charge in [-0.05, 0) is 37.9 Å². The number of nitrogens with one attached hydrogen (secondary N) is 1. The van der Waals surface area contributed by atoms with Crippen LogP contribution in [0.15, 0.2) is 54.4 Å². The van der Waals surface area contributed by atoms with E-state index in [0.29, 0.717) is 0 Å². The first-order valence-electron chi connectivity index (χ1n) is 5.97. The van der Waals surface area contributed by atoms with Crippen molar-refractivity contribution in [3.8, 4) is 0 Å². The normalized spacial score (nSPS) is 12.0. The molecule has 0 fully saturated rings. The van der Waals surface area contributed by atoms with Gasteiger partial charge in [0, 0.05) is 5.70 Å². The second-order valence-electron chi connectivity index (χ2n) is 3.77. The molecular formula is C15H21N.